The molecule has 1 atom stereocenters. The lowest BCUT2D eigenvalue weighted by atomic mass is 10.2. The molecule has 0 aromatic carbocycles. The first-order chi connectivity index (χ1) is 9.24. The van der Waals surface area contributed by atoms with Gasteiger partial charge in [0.05, 0.1) is 12.2 Å². The second-order valence-electron chi connectivity index (χ2n) is 4.39. The van der Waals surface area contributed by atoms with Crippen LogP contribution in [0, 0.1) is 6.92 Å². The highest BCUT2D eigenvalue weighted by atomic mass is 16.5. The summed E-state index contributed by atoms with van der Waals surface area (Å²) in [6.07, 6.45) is 3.50. The Hall–Kier alpha value is -2.22. The third-order valence-corrected chi connectivity index (χ3v) is 2.97. The number of hydrogen-bond donors (Lipinski definition) is 2. The van der Waals surface area contributed by atoms with Gasteiger partial charge in [0.15, 0.2) is 0 Å². The molecule has 2 aromatic heterocycles. The van der Waals surface area contributed by atoms with Gasteiger partial charge in [-0.3, -0.25) is 10.1 Å². The van der Waals surface area contributed by atoms with Crippen LogP contribution in [0.25, 0.3) is 0 Å². The molecule has 100 valence electrons. The number of carbonyl (C=O) groups is 1. The van der Waals surface area contributed by atoms with Gasteiger partial charge in [0.25, 0.3) is 5.91 Å². The average Bonchev–Trinajstić information content (AvgIpc) is 3.07. The van der Waals surface area contributed by atoms with Gasteiger partial charge < -0.3 is 14.3 Å². The largest absolute Gasteiger partial charge is 0.406 e. The minimum absolute atomic E-state index is 0.0597. The minimum Gasteiger partial charge on any atom is -0.406 e. The summed E-state index contributed by atoms with van der Waals surface area (Å²) in [6, 6.07) is 0.134. The Kier molecular flexibility index (Phi) is 3.00. The predicted molar refractivity (Wildman–Crippen MR) is 63.5 cm³/mol. The van der Waals surface area contributed by atoms with Crippen LogP contribution in [0.15, 0.2) is 15.1 Å². The Balaban J connectivity index is 1.70. The zero-order chi connectivity index (χ0) is 13.2. The van der Waals surface area contributed by atoms with Crippen molar-refractivity contribution >= 4 is 11.9 Å². The van der Waals surface area contributed by atoms with Crippen molar-refractivity contribution in [3.8, 4) is 0 Å². The number of rotatable bonds is 3. The molecule has 0 bridgehead atoms. The average molecular weight is 263 g/mol. The monoisotopic (exact) mass is 263 g/mol. The molecule has 1 saturated heterocycles. The van der Waals surface area contributed by atoms with E-state index < -0.39 is 5.91 Å². The van der Waals surface area contributed by atoms with Gasteiger partial charge in [-0.2, -0.15) is 0 Å². The van der Waals surface area contributed by atoms with Gasteiger partial charge in [0.1, 0.15) is 0 Å². The lowest BCUT2D eigenvalue weighted by Crippen LogP contribution is -2.13. The first kappa shape index (κ1) is 11.8. The highest BCUT2D eigenvalue weighted by Gasteiger charge is 2.23. The second kappa shape index (κ2) is 4.81. The van der Waals surface area contributed by atoms with Crippen molar-refractivity contribution in [1.82, 2.24) is 20.7 Å². The Labute approximate surface area is 108 Å². The summed E-state index contributed by atoms with van der Waals surface area (Å²) in [5.41, 5.74) is 0.648. The molecule has 8 heteroatoms. The third-order valence-electron chi connectivity index (χ3n) is 2.97. The molecule has 1 amide bonds. The summed E-state index contributed by atoms with van der Waals surface area (Å²) in [6.45, 7) is 2.67. The number of nitrogens with zero attached hydrogens (tertiary/aromatic N) is 3. The molecule has 8 nitrogen and oxygen atoms in total. The van der Waals surface area contributed by atoms with E-state index in [9.17, 15) is 4.79 Å². The van der Waals surface area contributed by atoms with Crippen LogP contribution in [-0.4, -0.2) is 27.8 Å². The highest BCUT2D eigenvalue weighted by Crippen LogP contribution is 2.23. The van der Waals surface area contributed by atoms with E-state index in [1.54, 1.807) is 6.92 Å². The summed E-state index contributed by atoms with van der Waals surface area (Å²) < 4.78 is 10.2. The van der Waals surface area contributed by atoms with Gasteiger partial charge in [-0.15, -0.1) is 5.10 Å². The third kappa shape index (κ3) is 2.34. The van der Waals surface area contributed by atoms with Crippen molar-refractivity contribution in [1.29, 1.82) is 0 Å². The van der Waals surface area contributed by atoms with Crippen LogP contribution in [0.1, 0.15) is 40.9 Å². The summed E-state index contributed by atoms with van der Waals surface area (Å²) >= 11 is 0. The van der Waals surface area contributed by atoms with Crippen LogP contribution >= 0.6 is 0 Å². The normalized spacial score (nSPS) is 18.7. The number of carbonyl (C=O) groups excluding carboxylic acids is 1. The maximum atomic E-state index is 11.8. The van der Waals surface area contributed by atoms with Gasteiger partial charge in [0, 0.05) is 5.56 Å². The van der Waals surface area contributed by atoms with Crippen molar-refractivity contribution in [3.63, 3.8) is 0 Å². The molecule has 0 radical (unpaired) electrons. The molecule has 0 spiro atoms. The van der Waals surface area contributed by atoms with E-state index in [0.29, 0.717) is 11.5 Å². The Morgan fingerprint density at radius 1 is 1.53 bits per heavy atom. The van der Waals surface area contributed by atoms with Gasteiger partial charge in [-0.05, 0) is 26.3 Å². The quantitative estimate of drug-likeness (QED) is 0.852. The fourth-order valence-corrected chi connectivity index (χ4v) is 1.98. The van der Waals surface area contributed by atoms with E-state index in [2.05, 4.69) is 26.0 Å². The summed E-state index contributed by atoms with van der Waals surface area (Å²) in [4.78, 5) is 11.8. The Morgan fingerprint density at radius 3 is 3.11 bits per heavy atom. The van der Waals surface area contributed by atoms with E-state index in [1.807, 2.05) is 0 Å². The molecular weight excluding hydrogens is 250 g/mol. The molecule has 1 aliphatic rings. The predicted octanol–water partition coefficient (Wildman–Crippen LogP) is 1.04. The van der Waals surface area contributed by atoms with E-state index in [1.165, 1.54) is 6.20 Å². The smallest absolute Gasteiger partial charge is 0.322 e. The SMILES string of the molecule is Cc1cnoc1C(=O)Nc1nnc(C2CCCN2)o1. The topological polar surface area (TPSA) is 106 Å². The molecular formula is C11H13N5O3. The van der Waals surface area contributed by atoms with Crippen LogP contribution in [0.3, 0.4) is 0 Å². The molecule has 3 heterocycles. The van der Waals surface area contributed by atoms with Gasteiger partial charge in [-0.25, -0.2) is 0 Å². The van der Waals surface area contributed by atoms with E-state index >= 15 is 0 Å². The van der Waals surface area contributed by atoms with Crippen molar-refractivity contribution in [2.24, 2.45) is 0 Å². The highest BCUT2D eigenvalue weighted by molar-refractivity contribution is 6.01. The van der Waals surface area contributed by atoms with Crippen LogP contribution in [-0.2, 0) is 0 Å². The number of amides is 1. The van der Waals surface area contributed by atoms with Crippen LogP contribution < -0.4 is 10.6 Å². The van der Waals surface area contributed by atoms with Gasteiger partial charge in [-0.1, -0.05) is 10.3 Å². The van der Waals surface area contributed by atoms with Gasteiger partial charge in [0.2, 0.25) is 11.7 Å². The second-order valence-corrected chi connectivity index (χ2v) is 4.39. The lowest BCUT2D eigenvalue weighted by Gasteiger charge is -2.02. The molecule has 19 heavy (non-hydrogen) atoms. The summed E-state index contributed by atoms with van der Waals surface area (Å²) in [5, 5.41) is 17.0. The van der Waals surface area contributed by atoms with E-state index in [4.69, 9.17) is 8.94 Å². The van der Waals surface area contributed by atoms with Crippen LogP contribution in [0.5, 0.6) is 0 Å². The summed E-state index contributed by atoms with van der Waals surface area (Å²) in [7, 11) is 0. The van der Waals surface area contributed by atoms with Crippen molar-refractivity contribution < 1.29 is 13.7 Å². The first-order valence-corrected chi connectivity index (χ1v) is 6.03. The van der Waals surface area contributed by atoms with Gasteiger partial charge >= 0.3 is 6.01 Å². The summed E-state index contributed by atoms with van der Waals surface area (Å²) in [5.74, 6) is 0.172. The zero-order valence-electron chi connectivity index (χ0n) is 10.3. The molecule has 2 aromatic rings. The fraction of sp³-hybridized carbons (Fsp3) is 0.455. The van der Waals surface area contributed by atoms with E-state index in [-0.39, 0.29) is 17.8 Å². The van der Waals surface area contributed by atoms with Crippen molar-refractivity contribution in [3.05, 3.63) is 23.4 Å². The number of aromatic nitrogens is 3. The maximum absolute atomic E-state index is 11.8. The molecule has 1 fully saturated rings. The first-order valence-electron chi connectivity index (χ1n) is 6.03. The maximum Gasteiger partial charge on any atom is 0.322 e. The van der Waals surface area contributed by atoms with E-state index in [0.717, 1.165) is 19.4 Å². The zero-order valence-corrected chi connectivity index (χ0v) is 10.3. The van der Waals surface area contributed by atoms with Crippen LogP contribution in [0.4, 0.5) is 6.01 Å². The molecule has 0 saturated carbocycles. The molecule has 2 N–H and O–H groups in total. The minimum atomic E-state index is -0.454. The molecule has 3 rings (SSSR count). The lowest BCUT2D eigenvalue weighted by molar-refractivity contribution is 0.0984. The standard InChI is InChI=1S/C11H13N5O3/c1-6-5-13-19-8(6)9(17)14-11-16-15-10(18-11)7-3-2-4-12-7/h5,7,12H,2-4H2,1H3,(H,14,16,17). The number of anilines is 1. The number of nitrogens with one attached hydrogen (secondary N) is 2. The Bertz CT molecular complexity index is 585. The molecule has 1 aliphatic heterocycles. The Morgan fingerprint density at radius 2 is 2.42 bits per heavy atom. The fourth-order valence-electron chi connectivity index (χ4n) is 1.98. The van der Waals surface area contributed by atoms with Crippen molar-refractivity contribution in [2.75, 3.05) is 11.9 Å². The molecule has 1 unspecified atom stereocenters. The number of aryl methyl sites for hydroxylation is 1. The van der Waals surface area contributed by atoms with Crippen LogP contribution in [0.2, 0.25) is 0 Å². The molecule has 0 aliphatic carbocycles. The number of hydrogen-bond acceptors (Lipinski definition) is 7. The van der Waals surface area contributed by atoms with Crippen molar-refractivity contribution in [2.45, 2.75) is 25.8 Å².